The molecule has 0 bridgehead atoms. The van der Waals surface area contributed by atoms with E-state index in [4.69, 9.17) is 9.51 Å². The van der Waals surface area contributed by atoms with E-state index in [0.717, 1.165) is 49.6 Å². The Hall–Kier alpha value is -3.79. The quantitative estimate of drug-likeness (QED) is 0.387. The average Bonchev–Trinajstić information content (AvgIpc) is 3.36. The molecule has 3 heterocycles. The molecule has 0 atom stereocenters. The third-order valence-corrected chi connectivity index (χ3v) is 5.41. The van der Waals surface area contributed by atoms with Crippen LogP contribution in [0, 0.1) is 10.1 Å². The van der Waals surface area contributed by atoms with E-state index in [1.54, 1.807) is 12.1 Å². The normalized spacial score (nSPS) is 15.3. The van der Waals surface area contributed by atoms with Crippen LogP contribution < -0.4 is 4.90 Å². The van der Waals surface area contributed by atoms with Crippen molar-refractivity contribution in [2.45, 2.75) is 13.0 Å². The Kier molecular flexibility index (Phi) is 5.04. The molecule has 0 saturated carbocycles. The molecule has 0 radical (unpaired) electrons. The molecule has 0 aliphatic carbocycles. The van der Waals surface area contributed by atoms with Gasteiger partial charge in [-0.15, -0.1) is 0 Å². The van der Waals surface area contributed by atoms with Gasteiger partial charge in [0, 0.05) is 43.9 Å². The van der Waals surface area contributed by atoms with Gasteiger partial charge in [-0.1, -0.05) is 29.4 Å². The molecular weight excluding hydrogens is 398 g/mol. The number of aromatic amines is 1. The lowest BCUT2D eigenvalue weighted by Crippen LogP contribution is -2.31. The second-order valence-electron chi connectivity index (χ2n) is 7.51. The predicted octanol–water partition coefficient (Wildman–Crippen LogP) is 3.23. The number of imidazole rings is 1. The third-order valence-electron chi connectivity index (χ3n) is 5.41. The maximum absolute atomic E-state index is 11.0. The molecule has 158 valence electrons. The zero-order valence-corrected chi connectivity index (χ0v) is 16.8. The molecule has 31 heavy (non-hydrogen) atoms. The predicted molar refractivity (Wildman–Crippen MR) is 115 cm³/mol. The Labute approximate surface area is 177 Å². The molecule has 2 aromatic heterocycles. The van der Waals surface area contributed by atoms with Crippen LogP contribution in [0.15, 0.2) is 53.1 Å². The fourth-order valence-electron chi connectivity index (χ4n) is 3.82. The average molecular weight is 419 g/mol. The van der Waals surface area contributed by atoms with Crippen LogP contribution >= 0.6 is 0 Å². The van der Waals surface area contributed by atoms with Crippen LogP contribution in [0.1, 0.15) is 12.3 Å². The number of anilines is 1. The zero-order valence-electron chi connectivity index (χ0n) is 16.8. The third kappa shape index (κ3) is 4.10. The van der Waals surface area contributed by atoms with Gasteiger partial charge in [-0.2, -0.15) is 4.98 Å². The van der Waals surface area contributed by atoms with E-state index in [1.807, 2.05) is 24.3 Å². The number of benzene rings is 2. The highest BCUT2D eigenvalue weighted by Gasteiger charge is 2.20. The van der Waals surface area contributed by atoms with E-state index in [1.165, 1.54) is 12.1 Å². The number of nitro groups is 1. The number of para-hydroxylation sites is 2. The summed E-state index contributed by atoms with van der Waals surface area (Å²) in [5.41, 5.74) is 2.58. The van der Waals surface area contributed by atoms with Crippen molar-refractivity contribution in [2.24, 2.45) is 0 Å². The highest BCUT2D eigenvalue weighted by Crippen LogP contribution is 2.22. The first-order valence-electron chi connectivity index (χ1n) is 10.2. The summed E-state index contributed by atoms with van der Waals surface area (Å²) >= 11 is 0. The highest BCUT2D eigenvalue weighted by atomic mass is 16.6. The number of H-pyrrole nitrogens is 1. The Bertz CT molecular complexity index is 1190. The van der Waals surface area contributed by atoms with Crippen molar-refractivity contribution in [3.63, 3.8) is 0 Å². The molecule has 1 aliphatic rings. The smallest absolute Gasteiger partial charge is 0.270 e. The largest absolute Gasteiger partial charge is 0.341 e. The van der Waals surface area contributed by atoms with E-state index in [9.17, 15) is 10.1 Å². The standard InChI is InChI=1S/C21H21N7O3/c29-28(30)16-6-3-5-15(13-16)20-24-19(31-25-20)14-26-9-4-10-27(12-11-26)21-22-17-7-1-2-8-18(17)23-21/h1-3,5-8,13H,4,9-12,14H2,(H,22,23). The summed E-state index contributed by atoms with van der Waals surface area (Å²) in [5, 5.41) is 15.0. The number of nitrogens with zero attached hydrogens (tertiary/aromatic N) is 6. The van der Waals surface area contributed by atoms with Crippen molar-refractivity contribution < 1.29 is 9.45 Å². The molecule has 1 N–H and O–H groups in total. The lowest BCUT2D eigenvalue weighted by atomic mass is 10.2. The summed E-state index contributed by atoms with van der Waals surface area (Å²) in [7, 11) is 0. The lowest BCUT2D eigenvalue weighted by molar-refractivity contribution is -0.384. The first kappa shape index (κ1) is 19.2. The number of aromatic nitrogens is 4. The Morgan fingerprint density at radius 2 is 1.97 bits per heavy atom. The number of hydrogen-bond donors (Lipinski definition) is 1. The Morgan fingerprint density at radius 1 is 1.06 bits per heavy atom. The minimum atomic E-state index is -0.435. The van der Waals surface area contributed by atoms with Crippen molar-refractivity contribution in [2.75, 3.05) is 31.1 Å². The van der Waals surface area contributed by atoms with Crippen LogP contribution in [-0.2, 0) is 6.54 Å². The number of hydrogen-bond acceptors (Lipinski definition) is 8. The number of nitrogens with one attached hydrogen (secondary N) is 1. The molecule has 1 fully saturated rings. The molecule has 0 unspecified atom stereocenters. The van der Waals surface area contributed by atoms with E-state index >= 15 is 0 Å². The van der Waals surface area contributed by atoms with E-state index in [-0.39, 0.29) is 5.69 Å². The van der Waals surface area contributed by atoms with Crippen molar-refractivity contribution >= 4 is 22.7 Å². The first-order chi connectivity index (χ1) is 15.2. The molecular formula is C21H21N7O3. The van der Waals surface area contributed by atoms with Gasteiger partial charge in [0.1, 0.15) is 0 Å². The van der Waals surface area contributed by atoms with Crippen LogP contribution in [0.25, 0.3) is 22.4 Å². The number of rotatable bonds is 5. The van der Waals surface area contributed by atoms with Gasteiger partial charge in [0.25, 0.3) is 5.69 Å². The monoisotopic (exact) mass is 419 g/mol. The van der Waals surface area contributed by atoms with E-state index < -0.39 is 4.92 Å². The summed E-state index contributed by atoms with van der Waals surface area (Å²) < 4.78 is 5.41. The van der Waals surface area contributed by atoms with Crippen molar-refractivity contribution in [3.05, 3.63) is 64.5 Å². The number of fused-ring (bicyclic) bond motifs is 1. The molecule has 10 heteroatoms. The van der Waals surface area contributed by atoms with E-state index in [0.29, 0.717) is 23.8 Å². The van der Waals surface area contributed by atoms with Crippen molar-refractivity contribution in [1.82, 2.24) is 25.0 Å². The fraction of sp³-hybridized carbons (Fsp3) is 0.286. The molecule has 0 amide bonds. The minimum Gasteiger partial charge on any atom is -0.341 e. The second-order valence-corrected chi connectivity index (χ2v) is 7.51. The van der Waals surface area contributed by atoms with Gasteiger partial charge in [0.15, 0.2) is 0 Å². The highest BCUT2D eigenvalue weighted by molar-refractivity contribution is 5.77. The van der Waals surface area contributed by atoms with E-state index in [2.05, 4.69) is 24.9 Å². The second kappa shape index (κ2) is 8.15. The van der Waals surface area contributed by atoms with Crippen LogP contribution in [0.5, 0.6) is 0 Å². The van der Waals surface area contributed by atoms with Gasteiger partial charge in [0.05, 0.1) is 22.5 Å². The summed E-state index contributed by atoms with van der Waals surface area (Å²) in [6.07, 6.45) is 0.989. The minimum absolute atomic E-state index is 0.00190. The first-order valence-corrected chi connectivity index (χ1v) is 10.2. The van der Waals surface area contributed by atoms with Gasteiger partial charge in [-0.25, -0.2) is 4.98 Å². The van der Waals surface area contributed by atoms with Crippen LogP contribution in [0.4, 0.5) is 11.6 Å². The lowest BCUT2D eigenvalue weighted by Gasteiger charge is -2.20. The SMILES string of the molecule is O=[N+]([O-])c1cccc(-c2noc(CN3CCCN(c4nc5ccccc5[nH]4)CC3)n2)c1. The molecule has 10 nitrogen and oxygen atoms in total. The van der Waals surface area contributed by atoms with Gasteiger partial charge in [-0.05, 0) is 18.6 Å². The number of nitro benzene ring substituents is 1. The Balaban J connectivity index is 1.24. The maximum atomic E-state index is 11.0. The van der Waals surface area contributed by atoms with Crippen LogP contribution in [-0.4, -0.2) is 56.1 Å². The molecule has 2 aromatic carbocycles. The van der Waals surface area contributed by atoms with Crippen molar-refractivity contribution in [1.29, 1.82) is 0 Å². The van der Waals surface area contributed by atoms with Gasteiger partial charge < -0.3 is 14.4 Å². The molecule has 0 spiro atoms. The van der Waals surface area contributed by atoms with Gasteiger partial charge in [-0.3, -0.25) is 15.0 Å². The zero-order chi connectivity index (χ0) is 21.2. The van der Waals surface area contributed by atoms with Crippen LogP contribution in [0.3, 0.4) is 0 Å². The topological polar surface area (TPSA) is 117 Å². The summed E-state index contributed by atoms with van der Waals surface area (Å²) in [4.78, 5) is 27.6. The maximum Gasteiger partial charge on any atom is 0.270 e. The molecule has 5 rings (SSSR count). The Morgan fingerprint density at radius 3 is 2.84 bits per heavy atom. The van der Waals surface area contributed by atoms with Gasteiger partial charge in [0.2, 0.25) is 17.7 Å². The summed E-state index contributed by atoms with van der Waals surface area (Å²) in [6, 6.07) is 14.3. The number of non-ortho nitro benzene ring substituents is 1. The van der Waals surface area contributed by atoms with Gasteiger partial charge >= 0.3 is 0 Å². The summed E-state index contributed by atoms with van der Waals surface area (Å²) in [6.45, 7) is 4.04. The molecule has 1 aliphatic heterocycles. The molecule has 1 saturated heterocycles. The molecule has 4 aromatic rings. The summed E-state index contributed by atoms with van der Waals surface area (Å²) in [5.74, 6) is 1.75. The fourth-order valence-corrected chi connectivity index (χ4v) is 3.82. The van der Waals surface area contributed by atoms with Crippen LogP contribution in [0.2, 0.25) is 0 Å². The van der Waals surface area contributed by atoms with Crippen molar-refractivity contribution in [3.8, 4) is 11.4 Å².